The number of nitrogens with zero attached hydrogens (tertiary/aromatic N) is 1. The van der Waals surface area contributed by atoms with Gasteiger partial charge in [-0.2, -0.15) is 0 Å². The monoisotopic (exact) mass is 178 g/mol. The molecule has 1 aromatic rings. The van der Waals surface area contributed by atoms with E-state index in [1.807, 2.05) is 12.3 Å². The highest BCUT2D eigenvalue weighted by Gasteiger charge is 2.18. The summed E-state index contributed by atoms with van der Waals surface area (Å²) in [6, 6.07) is 4.34. The highest BCUT2D eigenvalue weighted by atomic mass is 16.3. The summed E-state index contributed by atoms with van der Waals surface area (Å²) in [5, 5.41) is 12.3. The van der Waals surface area contributed by atoms with Crippen molar-refractivity contribution < 1.29 is 5.11 Å². The minimum atomic E-state index is 0.228. The quantitative estimate of drug-likeness (QED) is 0.699. The molecule has 2 N–H and O–H groups in total. The van der Waals surface area contributed by atoms with Gasteiger partial charge in [0.25, 0.3) is 0 Å². The molecule has 0 radical (unpaired) electrons. The third-order valence-electron chi connectivity index (χ3n) is 2.47. The molecular weight excluding hydrogens is 164 g/mol. The lowest BCUT2D eigenvalue weighted by Crippen LogP contribution is -2.30. The minimum Gasteiger partial charge on any atom is -0.396 e. The van der Waals surface area contributed by atoms with E-state index in [0.29, 0.717) is 6.04 Å². The highest BCUT2D eigenvalue weighted by Crippen LogP contribution is 2.22. The van der Waals surface area contributed by atoms with E-state index in [1.165, 1.54) is 11.3 Å². The van der Waals surface area contributed by atoms with Crippen LogP contribution in [-0.4, -0.2) is 23.2 Å². The molecule has 0 aliphatic carbocycles. The van der Waals surface area contributed by atoms with Gasteiger partial charge in [-0.25, -0.2) is 0 Å². The molecule has 0 fully saturated rings. The molecule has 3 heteroatoms. The fraction of sp³-hybridized carbons (Fsp3) is 0.500. The van der Waals surface area contributed by atoms with Gasteiger partial charge >= 0.3 is 0 Å². The Bertz CT molecular complexity index is 288. The Balaban J connectivity index is 2.26. The Morgan fingerprint density at radius 3 is 3.38 bits per heavy atom. The van der Waals surface area contributed by atoms with E-state index in [0.717, 1.165) is 19.4 Å². The summed E-state index contributed by atoms with van der Waals surface area (Å²) in [7, 11) is 0. The number of aliphatic hydroxyl groups excluding tert-OH is 1. The van der Waals surface area contributed by atoms with Gasteiger partial charge in [0.15, 0.2) is 0 Å². The van der Waals surface area contributed by atoms with Crippen molar-refractivity contribution in [2.45, 2.75) is 18.9 Å². The Hall–Kier alpha value is -0.930. The van der Waals surface area contributed by atoms with Crippen LogP contribution in [0.25, 0.3) is 0 Å². The zero-order valence-electron chi connectivity index (χ0n) is 7.53. The molecule has 0 bridgehead atoms. The summed E-state index contributed by atoms with van der Waals surface area (Å²) in [6.07, 6.45) is 3.61. The lowest BCUT2D eigenvalue weighted by atomic mass is 9.97. The topological polar surface area (TPSA) is 45.1 Å². The molecule has 1 unspecified atom stereocenters. The van der Waals surface area contributed by atoms with Crippen molar-refractivity contribution in [1.82, 2.24) is 10.3 Å². The molecular formula is C10H14N2O. The van der Waals surface area contributed by atoms with Crippen LogP contribution in [0.4, 0.5) is 0 Å². The third kappa shape index (κ3) is 1.71. The van der Waals surface area contributed by atoms with Crippen molar-refractivity contribution in [2.75, 3.05) is 13.2 Å². The average Bonchev–Trinajstić information content (AvgIpc) is 2.19. The van der Waals surface area contributed by atoms with Gasteiger partial charge in [0.2, 0.25) is 0 Å². The van der Waals surface area contributed by atoms with Crippen LogP contribution >= 0.6 is 0 Å². The summed E-state index contributed by atoms with van der Waals surface area (Å²) >= 11 is 0. The summed E-state index contributed by atoms with van der Waals surface area (Å²) in [5.74, 6) is 0. The van der Waals surface area contributed by atoms with Crippen LogP contribution in [0.5, 0.6) is 0 Å². The predicted molar refractivity (Wildman–Crippen MR) is 50.4 cm³/mol. The molecule has 0 amide bonds. The van der Waals surface area contributed by atoms with Crippen LogP contribution in [0.2, 0.25) is 0 Å². The van der Waals surface area contributed by atoms with Crippen LogP contribution < -0.4 is 5.32 Å². The van der Waals surface area contributed by atoms with E-state index in [9.17, 15) is 0 Å². The van der Waals surface area contributed by atoms with Crippen molar-refractivity contribution in [1.29, 1.82) is 0 Å². The number of pyridine rings is 1. The molecule has 0 saturated heterocycles. The van der Waals surface area contributed by atoms with E-state index in [1.54, 1.807) is 0 Å². The maximum absolute atomic E-state index is 8.88. The molecule has 1 aliphatic rings. The van der Waals surface area contributed by atoms with Gasteiger partial charge in [-0.1, -0.05) is 6.07 Å². The van der Waals surface area contributed by atoms with Gasteiger partial charge in [0.05, 0.1) is 0 Å². The molecule has 3 nitrogen and oxygen atoms in total. The number of hydrogen-bond donors (Lipinski definition) is 2. The van der Waals surface area contributed by atoms with Gasteiger partial charge < -0.3 is 10.4 Å². The van der Waals surface area contributed by atoms with Gasteiger partial charge in [-0.15, -0.1) is 0 Å². The first-order valence-corrected chi connectivity index (χ1v) is 4.70. The van der Waals surface area contributed by atoms with Crippen LogP contribution in [-0.2, 0) is 6.42 Å². The van der Waals surface area contributed by atoms with Crippen molar-refractivity contribution in [2.24, 2.45) is 0 Å². The number of hydrogen-bond acceptors (Lipinski definition) is 3. The molecule has 1 aromatic heterocycles. The lowest BCUT2D eigenvalue weighted by Gasteiger charge is -2.25. The fourth-order valence-electron chi connectivity index (χ4n) is 1.84. The van der Waals surface area contributed by atoms with E-state index in [-0.39, 0.29) is 6.61 Å². The Kier molecular flexibility index (Phi) is 2.57. The van der Waals surface area contributed by atoms with Gasteiger partial charge in [-0.05, 0) is 18.1 Å². The Morgan fingerprint density at radius 2 is 2.54 bits per heavy atom. The van der Waals surface area contributed by atoms with Gasteiger partial charge in [0, 0.05) is 37.5 Å². The maximum atomic E-state index is 8.88. The zero-order chi connectivity index (χ0) is 9.10. The number of aliphatic hydroxyl groups is 1. The van der Waals surface area contributed by atoms with Crippen molar-refractivity contribution in [3.05, 3.63) is 29.6 Å². The van der Waals surface area contributed by atoms with Crippen molar-refractivity contribution in [3.8, 4) is 0 Å². The summed E-state index contributed by atoms with van der Waals surface area (Å²) in [4.78, 5) is 4.33. The van der Waals surface area contributed by atoms with E-state index >= 15 is 0 Å². The van der Waals surface area contributed by atoms with E-state index in [4.69, 9.17) is 5.11 Å². The molecule has 13 heavy (non-hydrogen) atoms. The molecule has 2 heterocycles. The summed E-state index contributed by atoms with van der Waals surface area (Å²) in [5.41, 5.74) is 2.43. The molecule has 1 aliphatic heterocycles. The Morgan fingerprint density at radius 1 is 1.62 bits per heavy atom. The molecule has 70 valence electrons. The van der Waals surface area contributed by atoms with Crippen LogP contribution in [0.1, 0.15) is 23.7 Å². The fourth-order valence-corrected chi connectivity index (χ4v) is 1.84. The standard InChI is InChI=1S/C10H14N2O/c13-7-4-10-8-2-1-5-11-9(8)3-6-12-10/h1-2,5,10,12-13H,3-4,6-7H2. The van der Waals surface area contributed by atoms with E-state index in [2.05, 4.69) is 16.4 Å². The summed E-state index contributed by atoms with van der Waals surface area (Å²) < 4.78 is 0. The molecule has 1 atom stereocenters. The highest BCUT2D eigenvalue weighted by molar-refractivity contribution is 5.26. The Labute approximate surface area is 77.8 Å². The molecule has 2 rings (SSSR count). The third-order valence-corrected chi connectivity index (χ3v) is 2.47. The summed E-state index contributed by atoms with van der Waals surface area (Å²) in [6.45, 7) is 1.20. The maximum Gasteiger partial charge on any atom is 0.0464 e. The number of fused-ring (bicyclic) bond motifs is 1. The molecule has 0 aromatic carbocycles. The van der Waals surface area contributed by atoms with Crippen molar-refractivity contribution in [3.63, 3.8) is 0 Å². The smallest absolute Gasteiger partial charge is 0.0464 e. The second kappa shape index (κ2) is 3.85. The normalized spacial score (nSPS) is 21.2. The number of aromatic nitrogens is 1. The van der Waals surface area contributed by atoms with Crippen LogP contribution in [0.3, 0.4) is 0 Å². The SMILES string of the molecule is OCCC1NCCc2ncccc21. The van der Waals surface area contributed by atoms with Gasteiger partial charge in [0.1, 0.15) is 0 Å². The largest absolute Gasteiger partial charge is 0.396 e. The first kappa shape index (κ1) is 8.66. The average molecular weight is 178 g/mol. The molecule has 0 spiro atoms. The lowest BCUT2D eigenvalue weighted by molar-refractivity contribution is 0.262. The molecule has 0 saturated carbocycles. The number of nitrogens with one attached hydrogen (secondary N) is 1. The van der Waals surface area contributed by atoms with Crippen LogP contribution in [0.15, 0.2) is 18.3 Å². The zero-order valence-corrected chi connectivity index (χ0v) is 7.53. The second-order valence-corrected chi connectivity index (χ2v) is 3.31. The van der Waals surface area contributed by atoms with Gasteiger partial charge in [-0.3, -0.25) is 4.98 Å². The number of rotatable bonds is 2. The predicted octanol–water partition coefficient (Wildman–Crippen LogP) is 0.651. The minimum absolute atomic E-state index is 0.228. The van der Waals surface area contributed by atoms with Crippen LogP contribution in [0, 0.1) is 0 Å². The first-order valence-electron chi connectivity index (χ1n) is 4.70. The van der Waals surface area contributed by atoms with E-state index < -0.39 is 0 Å². The van der Waals surface area contributed by atoms with Crippen molar-refractivity contribution >= 4 is 0 Å². The second-order valence-electron chi connectivity index (χ2n) is 3.31. The first-order chi connectivity index (χ1) is 6.42.